The zero-order valence-corrected chi connectivity index (χ0v) is 9.91. The van der Waals surface area contributed by atoms with E-state index in [2.05, 4.69) is 15.9 Å². The van der Waals surface area contributed by atoms with Crippen LogP contribution in [0.1, 0.15) is 10.4 Å². The van der Waals surface area contributed by atoms with Gasteiger partial charge in [-0.1, -0.05) is 0 Å². The number of rotatable bonds is 1. The van der Waals surface area contributed by atoms with E-state index in [9.17, 15) is 9.59 Å². The van der Waals surface area contributed by atoms with Crippen LogP contribution < -0.4 is 5.69 Å². The summed E-state index contributed by atoms with van der Waals surface area (Å²) in [5, 5.41) is 0. The van der Waals surface area contributed by atoms with Gasteiger partial charge in [0.2, 0.25) is 0 Å². The molecule has 0 aliphatic heterocycles. The summed E-state index contributed by atoms with van der Waals surface area (Å²) in [7, 11) is 3.39. The van der Waals surface area contributed by atoms with Crippen LogP contribution >= 0.6 is 15.9 Å². The van der Waals surface area contributed by atoms with Gasteiger partial charge < -0.3 is 0 Å². The first-order chi connectivity index (χ1) is 7.06. The molecule has 0 bridgehead atoms. The molecule has 2 aromatic rings. The van der Waals surface area contributed by atoms with Crippen molar-refractivity contribution in [3.8, 4) is 0 Å². The third-order valence-corrected chi connectivity index (χ3v) is 3.20. The van der Waals surface area contributed by atoms with Crippen molar-refractivity contribution in [3.05, 3.63) is 32.7 Å². The van der Waals surface area contributed by atoms with Crippen molar-refractivity contribution in [1.29, 1.82) is 0 Å². The Morgan fingerprint density at radius 1 is 1.20 bits per heavy atom. The lowest BCUT2D eigenvalue weighted by atomic mass is 10.2. The fourth-order valence-corrected chi connectivity index (χ4v) is 2.05. The van der Waals surface area contributed by atoms with Crippen LogP contribution in [-0.2, 0) is 14.1 Å². The number of hydrogen-bond acceptors (Lipinski definition) is 2. The Morgan fingerprint density at radius 3 is 2.27 bits per heavy atom. The predicted molar refractivity (Wildman–Crippen MR) is 61.2 cm³/mol. The van der Waals surface area contributed by atoms with Crippen LogP contribution in [0.15, 0.2) is 21.4 Å². The monoisotopic (exact) mass is 268 g/mol. The number of carbonyl (C=O) groups excluding carboxylic acids is 1. The summed E-state index contributed by atoms with van der Waals surface area (Å²) in [6.07, 6.45) is 0.765. The zero-order chi connectivity index (χ0) is 11.2. The fraction of sp³-hybridized carbons (Fsp3) is 0.200. The van der Waals surface area contributed by atoms with Gasteiger partial charge in [-0.25, -0.2) is 4.79 Å². The van der Waals surface area contributed by atoms with Gasteiger partial charge in [0, 0.05) is 24.1 Å². The maximum absolute atomic E-state index is 11.6. The van der Waals surface area contributed by atoms with E-state index in [0.29, 0.717) is 10.0 Å². The molecule has 0 saturated heterocycles. The van der Waals surface area contributed by atoms with Crippen molar-refractivity contribution in [2.45, 2.75) is 0 Å². The molecular weight excluding hydrogens is 260 g/mol. The van der Waals surface area contributed by atoms with Crippen molar-refractivity contribution in [1.82, 2.24) is 9.13 Å². The molecule has 15 heavy (non-hydrogen) atoms. The first kappa shape index (κ1) is 10.2. The summed E-state index contributed by atoms with van der Waals surface area (Å²) >= 11 is 3.29. The zero-order valence-electron chi connectivity index (χ0n) is 8.32. The van der Waals surface area contributed by atoms with E-state index in [1.54, 1.807) is 30.8 Å². The van der Waals surface area contributed by atoms with Crippen molar-refractivity contribution in [2.75, 3.05) is 0 Å². The SMILES string of the molecule is Cn1c(=O)n(C)c2cc(C=O)c(Br)cc21. The molecule has 1 aromatic carbocycles. The first-order valence-electron chi connectivity index (χ1n) is 4.36. The number of nitrogens with zero attached hydrogens (tertiary/aromatic N) is 2. The molecule has 0 amide bonds. The topological polar surface area (TPSA) is 44.0 Å². The minimum Gasteiger partial charge on any atom is -0.298 e. The van der Waals surface area contributed by atoms with Gasteiger partial charge in [-0.05, 0) is 28.1 Å². The van der Waals surface area contributed by atoms with E-state index in [1.807, 2.05) is 0 Å². The first-order valence-corrected chi connectivity index (χ1v) is 5.15. The fourth-order valence-electron chi connectivity index (χ4n) is 1.63. The molecular formula is C10H9BrN2O2. The number of aromatic nitrogens is 2. The number of carbonyl (C=O) groups is 1. The molecule has 5 heteroatoms. The third-order valence-electron chi connectivity index (χ3n) is 2.52. The third kappa shape index (κ3) is 1.34. The highest BCUT2D eigenvalue weighted by Crippen LogP contribution is 2.22. The number of fused-ring (bicyclic) bond motifs is 1. The molecule has 1 heterocycles. The molecule has 0 aliphatic carbocycles. The lowest BCUT2D eigenvalue weighted by Crippen LogP contribution is -2.19. The van der Waals surface area contributed by atoms with Crippen molar-refractivity contribution in [2.24, 2.45) is 14.1 Å². The van der Waals surface area contributed by atoms with E-state index < -0.39 is 0 Å². The summed E-state index contributed by atoms with van der Waals surface area (Å²) in [5.41, 5.74) is 2.01. The Labute approximate surface area is 94.2 Å². The van der Waals surface area contributed by atoms with E-state index >= 15 is 0 Å². The predicted octanol–water partition coefficient (Wildman–Crippen LogP) is 1.45. The van der Waals surface area contributed by atoms with Gasteiger partial charge in [-0.15, -0.1) is 0 Å². The second-order valence-corrected chi connectivity index (χ2v) is 4.24. The lowest BCUT2D eigenvalue weighted by Gasteiger charge is -1.99. The van der Waals surface area contributed by atoms with E-state index in [-0.39, 0.29) is 5.69 Å². The van der Waals surface area contributed by atoms with Gasteiger partial charge >= 0.3 is 5.69 Å². The summed E-state index contributed by atoms with van der Waals surface area (Å²) in [6.45, 7) is 0. The Hall–Kier alpha value is -1.36. The van der Waals surface area contributed by atoms with E-state index in [1.165, 1.54) is 4.57 Å². The molecule has 0 saturated carbocycles. The van der Waals surface area contributed by atoms with E-state index in [0.717, 1.165) is 17.3 Å². The molecule has 4 nitrogen and oxygen atoms in total. The summed E-state index contributed by atoms with van der Waals surface area (Å²) < 4.78 is 3.77. The molecule has 2 rings (SSSR count). The molecule has 0 radical (unpaired) electrons. The minimum absolute atomic E-state index is 0.0973. The molecule has 0 aliphatic rings. The number of aldehydes is 1. The van der Waals surface area contributed by atoms with Crippen LogP contribution in [0.4, 0.5) is 0 Å². The summed E-state index contributed by atoms with van der Waals surface area (Å²) in [4.78, 5) is 22.4. The minimum atomic E-state index is -0.0973. The van der Waals surface area contributed by atoms with Crippen molar-refractivity contribution < 1.29 is 4.79 Å². The highest BCUT2D eigenvalue weighted by atomic mass is 79.9. The number of benzene rings is 1. The van der Waals surface area contributed by atoms with Crippen LogP contribution in [-0.4, -0.2) is 15.4 Å². The second-order valence-electron chi connectivity index (χ2n) is 3.38. The standard InChI is InChI=1S/C10H9BrN2O2/c1-12-8-3-6(5-14)7(11)4-9(8)13(2)10(12)15/h3-5H,1-2H3. The van der Waals surface area contributed by atoms with Crippen molar-refractivity contribution in [3.63, 3.8) is 0 Å². The van der Waals surface area contributed by atoms with Gasteiger partial charge in [0.05, 0.1) is 11.0 Å². The van der Waals surface area contributed by atoms with Crippen molar-refractivity contribution >= 4 is 33.2 Å². The smallest absolute Gasteiger partial charge is 0.298 e. The largest absolute Gasteiger partial charge is 0.328 e. The Bertz CT molecular complexity index is 610. The number of halogens is 1. The average Bonchev–Trinajstić information content (AvgIpc) is 2.43. The number of hydrogen-bond donors (Lipinski definition) is 0. The van der Waals surface area contributed by atoms with Crippen LogP contribution in [0, 0.1) is 0 Å². The average molecular weight is 269 g/mol. The van der Waals surface area contributed by atoms with E-state index in [4.69, 9.17) is 0 Å². The number of imidazole rings is 1. The molecule has 0 atom stereocenters. The quantitative estimate of drug-likeness (QED) is 0.735. The van der Waals surface area contributed by atoms with Gasteiger partial charge in [0.25, 0.3) is 0 Å². The molecule has 1 aromatic heterocycles. The highest BCUT2D eigenvalue weighted by Gasteiger charge is 2.10. The lowest BCUT2D eigenvalue weighted by molar-refractivity contribution is 0.112. The maximum atomic E-state index is 11.6. The molecule has 0 unspecified atom stereocenters. The normalized spacial score (nSPS) is 10.9. The van der Waals surface area contributed by atoms with Gasteiger partial charge in [-0.2, -0.15) is 0 Å². The second kappa shape index (κ2) is 3.34. The van der Waals surface area contributed by atoms with Crippen LogP contribution in [0.25, 0.3) is 11.0 Å². The Balaban J connectivity index is 3.00. The van der Waals surface area contributed by atoms with Crippen LogP contribution in [0.3, 0.4) is 0 Å². The van der Waals surface area contributed by atoms with Crippen LogP contribution in [0.5, 0.6) is 0 Å². The Kier molecular flexibility index (Phi) is 2.26. The molecule has 0 N–H and O–H groups in total. The van der Waals surface area contributed by atoms with Gasteiger partial charge in [-0.3, -0.25) is 13.9 Å². The van der Waals surface area contributed by atoms with Gasteiger partial charge in [0.15, 0.2) is 6.29 Å². The van der Waals surface area contributed by atoms with Crippen LogP contribution in [0.2, 0.25) is 0 Å². The van der Waals surface area contributed by atoms with Gasteiger partial charge in [0.1, 0.15) is 0 Å². The highest BCUT2D eigenvalue weighted by molar-refractivity contribution is 9.10. The molecule has 78 valence electrons. The summed E-state index contributed by atoms with van der Waals surface area (Å²) in [6, 6.07) is 3.48. The molecule has 0 fully saturated rings. The molecule has 0 spiro atoms. The summed E-state index contributed by atoms with van der Waals surface area (Å²) in [5.74, 6) is 0. The number of aryl methyl sites for hydroxylation is 2. The maximum Gasteiger partial charge on any atom is 0.328 e. The Morgan fingerprint density at radius 2 is 1.73 bits per heavy atom.